The van der Waals surface area contributed by atoms with Crippen molar-refractivity contribution in [3.63, 3.8) is 0 Å². The largest absolute Gasteiger partial charge is 0.314 e. The third-order valence-electron chi connectivity index (χ3n) is 3.34. The first kappa shape index (κ1) is 16.6. The molecule has 0 heterocycles. The van der Waals surface area contributed by atoms with Gasteiger partial charge in [-0.25, -0.2) is 0 Å². The number of hydrogen-bond acceptors (Lipinski definition) is 1. The van der Waals surface area contributed by atoms with Crippen molar-refractivity contribution in [2.75, 3.05) is 6.54 Å². The van der Waals surface area contributed by atoms with E-state index in [1.807, 2.05) is 36.4 Å². The molecule has 1 atom stereocenters. The van der Waals surface area contributed by atoms with Gasteiger partial charge in [0.15, 0.2) is 0 Å². The van der Waals surface area contributed by atoms with Crippen molar-refractivity contribution in [1.82, 2.24) is 5.32 Å². The summed E-state index contributed by atoms with van der Waals surface area (Å²) < 4.78 is 0. The van der Waals surface area contributed by atoms with Crippen LogP contribution in [0.5, 0.6) is 0 Å². The van der Waals surface area contributed by atoms with Crippen molar-refractivity contribution in [2.45, 2.75) is 25.8 Å². The molecule has 1 unspecified atom stereocenters. The Kier molecular flexibility index (Phi) is 6.38. The van der Waals surface area contributed by atoms with Gasteiger partial charge in [0.2, 0.25) is 0 Å². The van der Waals surface area contributed by atoms with Gasteiger partial charge in [0.25, 0.3) is 0 Å². The molecule has 0 amide bonds. The monoisotopic (exact) mass is 341 g/mol. The first-order valence-electron chi connectivity index (χ1n) is 7.00. The second-order valence-corrected chi connectivity index (χ2v) is 6.31. The number of hydrogen-bond donors (Lipinski definition) is 1. The van der Waals surface area contributed by atoms with E-state index >= 15 is 0 Å². The third kappa shape index (κ3) is 5.19. The second kappa shape index (κ2) is 8.05. The van der Waals surface area contributed by atoms with Gasteiger partial charge in [-0.1, -0.05) is 53.9 Å². The van der Waals surface area contributed by atoms with Crippen molar-refractivity contribution in [2.24, 2.45) is 0 Å². The lowest BCUT2D eigenvalue weighted by Gasteiger charge is -2.19. The summed E-state index contributed by atoms with van der Waals surface area (Å²) >= 11 is 18.4. The molecule has 1 nitrogen and oxygen atoms in total. The van der Waals surface area contributed by atoms with Crippen LogP contribution in [0.3, 0.4) is 0 Å². The van der Waals surface area contributed by atoms with Gasteiger partial charge in [0.1, 0.15) is 0 Å². The maximum atomic E-state index is 6.26. The average molecular weight is 343 g/mol. The number of halogens is 3. The van der Waals surface area contributed by atoms with E-state index < -0.39 is 0 Å². The van der Waals surface area contributed by atoms with E-state index in [0.717, 1.165) is 35.0 Å². The molecule has 21 heavy (non-hydrogen) atoms. The fourth-order valence-corrected chi connectivity index (χ4v) is 3.02. The number of likely N-dealkylation sites (N-methyl/N-ethyl adjacent to an activating group) is 1. The molecule has 0 aliphatic carbocycles. The zero-order valence-electron chi connectivity index (χ0n) is 11.9. The van der Waals surface area contributed by atoms with Crippen molar-refractivity contribution in [3.05, 3.63) is 68.7 Å². The molecule has 2 rings (SSSR count). The van der Waals surface area contributed by atoms with Crippen LogP contribution in [0, 0.1) is 0 Å². The maximum absolute atomic E-state index is 6.26. The highest BCUT2D eigenvalue weighted by atomic mass is 35.5. The predicted octanol–water partition coefficient (Wildman–Crippen LogP) is 5.41. The summed E-state index contributed by atoms with van der Waals surface area (Å²) in [5.41, 5.74) is 2.28. The number of rotatable bonds is 6. The molecule has 0 saturated heterocycles. The molecule has 1 N–H and O–H groups in total. The van der Waals surface area contributed by atoms with E-state index in [0.29, 0.717) is 11.1 Å². The quantitative estimate of drug-likeness (QED) is 0.740. The van der Waals surface area contributed by atoms with Crippen LogP contribution < -0.4 is 5.32 Å². The fraction of sp³-hybridized carbons (Fsp3) is 0.294. The summed E-state index contributed by atoms with van der Waals surface area (Å²) in [7, 11) is 0. The van der Waals surface area contributed by atoms with Crippen molar-refractivity contribution < 1.29 is 0 Å². The van der Waals surface area contributed by atoms with Gasteiger partial charge in [-0.3, -0.25) is 0 Å². The van der Waals surface area contributed by atoms with Gasteiger partial charge in [0.05, 0.1) is 0 Å². The molecular formula is C17H18Cl3N. The molecule has 0 aromatic heterocycles. The Hall–Kier alpha value is -0.730. The lowest BCUT2D eigenvalue weighted by atomic mass is 9.99. The lowest BCUT2D eigenvalue weighted by Crippen LogP contribution is -2.33. The Morgan fingerprint density at radius 3 is 2.43 bits per heavy atom. The van der Waals surface area contributed by atoms with Crippen LogP contribution in [0.2, 0.25) is 15.1 Å². The van der Waals surface area contributed by atoms with E-state index in [-0.39, 0.29) is 0 Å². The van der Waals surface area contributed by atoms with Crippen LogP contribution in [0.4, 0.5) is 0 Å². The Labute approximate surface area is 141 Å². The normalized spacial score (nSPS) is 12.4. The van der Waals surface area contributed by atoms with Gasteiger partial charge in [-0.15, -0.1) is 0 Å². The topological polar surface area (TPSA) is 12.0 Å². The summed E-state index contributed by atoms with van der Waals surface area (Å²) in [4.78, 5) is 0. The van der Waals surface area contributed by atoms with Crippen LogP contribution in [-0.4, -0.2) is 12.6 Å². The Balaban J connectivity index is 2.13. The van der Waals surface area contributed by atoms with Crippen molar-refractivity contribution >= 4 is 34.8 Å². The predicted molar refractivity (Wildman–Crippen MR) is 92.8 cm³/mol. The van der Waals surface area contributed by atoms with Crippen molar-refractivity contribution in [3.8, 4) is 0 Å². The Bertz CT molecular complexity index is 598. The molecule has 2 aromatic rings. The zero-order chi connectivity index (χ0) is 15.2. The summed E-state index contributed by atoms with van der Waals surface area (Å²) in [5.74, 6) is 0. The van der Waals surface area contributed by atoms with Crippen molar-refractivity contribution in [1.29, 1.82) is 0 Å². The average Bonchev–Trinajstić information content (AvgIpc) is 2.43. The first-order chi connectivity index (χ1) is 10.1. The van der Waals surface area contributed by atoms with Gasteiger partial charge >= 0.3 is 0 Å². The minimum absolute atomic E-state index is 0.296. The summed E-state index contributed by atoms with van der Waals surface area (Å²) in [6.07, 6.45) is 1.73. The molecule has 0 fully saturated rings. The summed E-state index contributed by atoms with van der Waals surface area (Å²) in [6.45, 7) is 3.01. The van der Waals surface area contributed by atoms with E-state index in [2.05, 4.69) is 18.3 Å². The molecule has 112 valence electrons. The fourth-order valence-electron chi connectivity index (χ4n) is 2.42. The highest BCUT2D eigenvalue weighted by molar-refractivity contribution is 6.33. The molecule has 0 radical (unpaired) electrons. The minimum atomic E-state index is 0.296. The molecular weight excluding hydrogens is 325 g/mol. The lowest BCUT2D eigenvalue weighted by molar-refractivity contribution is 0.521. The molecule has 0 spiro atoms. The SMILES string of the molecule is CCNC(Cc1cccc(Cl)c1)Cc1cc(Cl)ccc1Cl. The van der Waals surface area contributed by atoms with Crippen LogP contribution in [0.15, 0.2) is 42.5 Å². The smallest absolute Gasteiger partial charge is 0.0439 e. The van der Waals surface area contributed by atoms with Gasteiger partial charge in [-0.05, 0) is 60.8 Å². The molecule has 4 heteroatoms. The Morgan fingerprint density at radius 1 is 0.952 bits per heavy atom. The standard InChI is InChI=1S/C17H18Cl3N/c1-2-21-16(9-12-4-3-5-14(18)8-12)11-13-10-15(19)6-7-17(13)20/h3-8,10,16,21H,2,9,11H2,1H3. The number of nitrogens with one attached hydrogen (secondary N) is 1. The van der Waals surface area contributed by atoms with Crippen LogP contribution >= 0.6 is 34.8 Å². The van der Waals surface area contributed by atoms with Gasteiger partial charge in [-0.2, -0.15) is 0 Å². The van der Waals surface area contributed by atoms with Gasteiger partial charge in [0, 0.05) is 21.1 Å². The highest BCUT2D eigenvalue weighted by Crippen LogP contribution is 2.23. The van der Waals surface area contributed by atoms with E-state index in [1.165, 1.54) is 5.56 Å². The van der Waals surface area contributed by atoms with Crippen LogP contribution in [0.25, 0.3) is 0 Å². The van der Waals surface area contributed by atoms with E-state index in [9.17, 15) is 0 Å². The second-order valence-electron chi connectivity index (χ2n) is 5.03. The maximum Gasteiger partial charge on any atom is 0.0439 e. The first-order valence-corrected chi connectivity index (χ1v) is 8.13. The molecule has 0 aliphatic heterocycles. The van der Waals surface area contributed by atoms with E-state index in [1.54, 1.807) is 0 Å². The summed E-state index contributed by atoms with van der Waals surface area (Å²) in [6, 6.07) is 13.9. The molecule has 0 bridgehead atoms. The Morgan fingerprint density at radius 2 is 1.71 bits per heavy atom. The molecule has 2 aromatic carbocycles. The zero-order valence-corrected chi connectivity index (χ0v) is 14.1. The number of benzene rings is 2. The van der Waals surface area contributed by atoms with Crippen LogP contribution in [-0.2, 0) is 12.8 Å². The third-order valence-corrected chi connectivity index (χ3v) is 4.18. The minimum Gasteiger partial charge on any atom is -0.314 e. The van der Waals surface area contributed by atoms with Crippen LogP contribution in [0.1, 0.15) is 18.1 Å². The summed E-state index contributed by atoms with van der Waals surface area (Å²) in [5, 5.41) is 5.74. The van der Waals surface area contributed by atoms with E-state index in [4.69, 9.17) is 34.8 Å². The highest BCUT2D eigenvalue weighted by Gasteiger charge is 2.12. The molecule has 0 aliphatic rings. The van der Waals surface area contributed by atoms with Gasteiger partial charge < -0.3 is 5.32 Å². The molecule has 0 saturated carbocycles.